The first kappa shape index (κ1) is 21.4. The predicted octanol–water partition coefficient (Wildman–Crippen LogP) is 5.21. The van der Waals surface area contributed by atoms with Crippen molar-refractivity contribution in [2.75, 3.05) is 37.0 Å². The standard InChI is InChI=1S/C23H30N4O2S2/c1-4-5-6-11-30-22-19-18(24-14-25-22)17-15-12-23(2,3)29-13-16(15)20(26-21(17)31-19)27-7-9-28-10-8-27/h14H,4-13H2,1-3H3. The summed E-state index contributed by atoms with van der Waals surface area (Å²) in [5, 5.41) is 2.30. The van der Waals surface area contributed by atoms with Crippen LogP contribution in [0.2, 0.25) is 0 Å². The summed E-state index contributed by atoms with van der Waals surface area (Å²) in [6.45, 7) is 10.4. The van der Waals surface area contributed by atoms with Crippen LogP contribution in [-0.4, -0.2) is 52.6 Å². The summed E-state index contributed by atoms with van der Waals surface area (Å²) in [6, 6.07) is 0. The molecule has 3 aromatic heterocycles. The van der Waals surface area contributed by atoms with Crippen LogP contribution < -0.4 is 4.90 Å². The van der Waals surface area contributed by atoms with E-state index in [2.05, 4.69) is 30.7 Å². The molecule has 0 bridgehead atoms. The van der Waals surface area contributed by atoms with E-state index in [1.54, 1.807) is 17.7 Å². The highest BCUT2D eigenvalue weighted by molar-refractivity contribution is 7.99. The number of nitrogens with zero attached hydrogens (tertiary/aromatic N) is 4. The zero-order valence-corrected chi connectivity index (χ0v) is 20.2. The van der Waals surface area contributed by atoms with Gasteiger partial charge in [0.2, 0.25) is 0 Å². The van der Waals surface area contributed by atoms with Gasteiger partial charge >= 0.3 is 0 Å². The normalized spacial score (nSPS) is 18.6. The zero-order chi connectivity index (χ0) is 21.4. The van der Waals surface area contributed by atoms with Crippen LogP contribution in [0.4, 0.5) is 5.82 Å². The molecule has 8 heteroatoms. The van der Waals surface area contributed by atoms with Crippen molar-refractivity contribution in [1.29, 1.82) is 0 Å². The largest absolute Gasteiger partial charge is 0.378 e. The second-order valence-electron chi connectivity index (χ2n) is 8.91. The van der Waals surface area contributed by atoms with Crippen molar-refractivity contribution in [2.24, 2.45) is 0 Å². The lowest BCUT2D eigenvalue weighted by Crippen LogP contribution is -2.39. The molecule has 1 saturated heterocycles. The predicted molar refractivity (Wildman–Crippen MR) is 129 cm³/mol. The van der Waals surface area contributed by atoms with Gasteiger partial charge in [-0.1, -0.05) is 19.8 Å². The van der Waals surface area contributed by atoms with E-state index < -0.39 is 0 Å². The molecular formula is C23H30N4O2S2. The van der Waals surface area contributed by atoms with E-state index in [-0.39, 0.29) is 5.60 Å². The van der Waals surface area contributed by atoms with Gasteiger partial charge in [-0.25, -0.2) is 15.0 Å². The highest BCUT2D eigenvalue weighted by atomic mass is 32.2. The molecule has 0 N–H and O–H groups in total. The highest BCUT2D eigenvalue weighted by Crippen LogP contribution is 2.44. The Morgan fingerprint density at radius 1 is 1.16 bits per heavy atom. The maximum absolute atomic E-state index is 6.23. The Bertz CT molecular complexity index is 1090. The fraction of sp³-hybridized carbons (Fsp3) is 0.609. The van der Waals surface area contributed by atoms with Crippen molar-refractivity contribution in [3.63, 3.8) is 0 Å². The van der Waals surface area contributed by atoms with E-state index in [0.717, 1.165) is 59.7 Å². The van der Waals surface area contributed by atoms with Gasteiger partial charge in [-0.05, 0) is 31.6 Å². The van der Waals surface area contributed by atoms with Gasteiger partial charge < -0.3 is 14.4 Å². The summed E-state index contributed by atoms with van der Waals surface area (Å²) < 4.78 is 13.0. The van der Waals surface area contributed by atoms with Gasteiger partial charge in [0.15, 0.2) is 0 Å². The second kappa shape index (κ2) is 8.81. The van der Waals surface area contributed by atoms with Crippen LogP contribution in [0.15, 0.2) is 11.4 Å². The van der Waals surface area contributed by atoms with Crippen molar-refractivity contribution in [3.8, 4) is 0 Å². The Hall–Kier alpha value is -1.48. The molecule has 0 saturated carbocycles. The summed E-state index contributed by atoms with van der Waals surface area (Å²) in [6.07, 6.45) is 6.32. The van der Waals surface area contributed by atoms with Crippen molar-refractivity contribution in [2.45, 2.75) is 63.7 Å². The Morgan fingerprint density at radius 2 is 2.00 bits per heavy atom. The SMILES string of the molecule is CCCCCSc1ncnc2c1sc1nc(N3CCOCC3)c3c(c12)CC(C)(C)OC3. The first-order chi connectivity index (χ1) is 15.1. The quantitative estimate of drug-likeness (QED) is 0.285. The third-order valence-electron chi connectivity index (χ3n) is 6.07. The molecule has 1 fully saturated rings. The van der Waals surface area contributed by atoms with Gasteiger partial charge in [-0.2, -0.15) is 0 Å². The Balaban J connectivity index is 1.65. The van der Waals surface area contributed by atoms with Crippen molar-refractivity contribution in [3.05, 3.63) is 17.5 Å². The first-order valence-corrected chi connectivity index (χ1v) is 13.1. The average Bonchev–Trinajstić information content (AvgIpc) is 3.15. The van der Waals surface area contributed by atoms with Crippen molar-refractivity contribution >= 4 is 49.3 Å². The summed E-state index contributed by atoms with van der Waals surface area (Å²) in [5.74, 6) is 2.16. The Labute approximate surface area is 191 Å². The van der Waals surface area contributed by atoms with Crippen LogP contribution in [0.25, 0.3) is 20.4 Å². The summed E-state index contributed by atoms with van der Waals surface area (Å²) >= 11 is 3.60. The van der Waals surface area contributed by atoms with Crippen LogP contribution in [0, 0.1) is 0 Å². The zero-order valence-electron chi connectivity index (χ0n) is 18.6. The molecule has 0 amide bonds. The van der Waals surface area contributed by atoms with Crippen LogP contribution >= 0.6 is 23.1 Å². The van der Waals surface area contributed by atoms with Gasteiger partial charge in [-0.3, -0.25) is 0 Å². The minimum Gasteiger partial charge on any atom is -0.378 e. The molecule has 2 aliphatic heterocycles. The topological polar surface area (TPSA) is 60.4 Å². The number of morpholine rings is 1. The smallest absolute Gasteiger partial charge is 0.136 e. The van der Waals surface area contributed by atoms with E-state index in [4.69, 9.17) is 19.4 Å². The minimum atomic E-state index is -0.192. The van der Waals surface area contributed by atoms with Crippen LogP contribution in [0.1, 0.15) is 51.2 Å². The number of aromatic nitrogens is 3. The molecule has 31 heavy (non-hydrogen) atoms. The fourth-order valence-electron chi connectivity index (χ4n) is 4.43. The number of thioether (sulfide) groups is 1. The number of fused-ring (bicyclic) bond motifs is 5. The molecule has 166 valence electrons. The van der Waals surface area contributed by atoms with Gasteiger partial charge in [0.05, 0.1) is 35.6 Å². The summed E-state index contributed by atoms with van der Waals surface area (Å²) in [5.41, 5.74) is 3.45. The number of anilines is 1. The van der Waals surface area contributed by atoms with E-state index in [0.29, 0.717) is 6.61 Å². The molecule has 0 spiro atoms. The molecule has 5 heterocycles. The van der Waals surface area contributed by atoms with Gasteiger partial charge in [0.25, 0.3) is 0 Å². The molecule has 0 radical (unpaired) electrons. The third kappa shape index (κ3) is 4.15. The molecule has 0 aromatic carbocycles. The maximum Gasteiger partial charge on any atom is 0.136 e. The molecule has 0 atom stereocenters. The molecule has 0 unspecified atom stereocenters. The fourth-order valence-corrected chi connectivity index (χ4v) is 6.66. The molecule has 5 rings (SSSR count). The highest BCUT2D eigenvalue weighted by Gasteiger charge is 2.33. The number of unbranched alkanes of at least 4 members (excludes halogenated alkanes) is 2. The third-order valence-corrected chi connectivity index (χ3v) is 8.36. The van der Waals surface area contributed by atoms with Gasteiger partial charge in [-0.15, -0.1) is 23.1 Å². The lowest BCUT2D eigenvalue weighted by atomic mass is 9.90. The number of rotatable bonds is 6. The average molecular weight is 459 g/mol. The van der Waals surface area contributed by atoms with Crippen LogP contribution in [0.3, 0.4) is 0 Å². The number of hydrogen-bond acceptors (Lipinski definition) is 8. The molecule has 0 aliphatic carbocycles. The van der Waals surface area contributed by atoms with Gasteiger partial charge in [0, 0.05) is 30.5 Å². The minimum absolute atomic E-state index is 0.192. The number of hydrogen-bond donors (Lipinski definition) is 0. The lowest BCUT2D eigenvalue weighted by molar-refractivity contribution is -0.0396. The van der Waals surface area contributed by atoms with E-state index in [9.17, 15) is 0 Å². The molecule has 3 aromatic rings. The second-order valence-corrected chi connectivity index (χ2v) is 11.0. The number of ether oxygens (including phenoxy) is 2. The van der Waals surface area contributed by atoms with Crippen molar-refractivity contribution < 1.29 is 9.47 Å². The first-order valence-electron chi connectivity index (χ1n) is 11.3. The lowest BCUT2D eigenvalue weighted by Gasteiger charge is -2.36. The maximum atomic E-state index is 6.23. The summed E-state index contributed by atoms with van der Waals surface area (Å²) in [4.78, 5) is 18.0. The van der Waals surface area contributed by atoms with Crippen LogP contribution in [-0.2, 0) is 22.5 Å². The monoisotopic (exact) mass is 458 g/mol. The van der Waals surface area contributed by atoms with E-state index in [1.807, 2.05) is 11.8 Å². The van der Waals surface area contributed by atoms with E-state index in [1.165, 1.54) is 40.5 Å². The van der Waals surface area contributed by atoms with Crippen LogP contribution in [0.5, 0.6) is 0 Å². The Morgan fingerprint density at radius 3 is 2.81 bits per heavy atom. The Kier molecular flexibility index (Phi) is 6.07. The molecule has 2 aliphatic rings. The molecule has 6 nitrogen and oxygen atoms in total. The number of pyridine rings is 1. The molecular weight excluding hydrogens is 428 g/mol. The van der Waals surface area contributed by atoms with E-state index >= 15 is 0 Å². The summed E-state index contributed by atoms with van der Waals surface area (Å²) in [7, 11) is 0. The number of thiophene rings is 1. The van der Waals surface area contributed by atoms with Crippen molar-refractivity contribution in [1.82, 2.24) is 15.0 Å². The van der Waals surface area contributed by atoms with Gasteiger partial charge in [0.1, 0.15) is 22.0 Å².